The van der Waals surface area contributed by atoms with Crippen LogP contribution >= 0.6 is 0 Å². The van der Waals surface area contributed by atoms with Crippen LogP contribution in [-0.2, 0) is 14.3 Å². The minimum absolute atomic E-state index is 0.0552. The molecule has 1 amide bonds. The largest absolute Gasteiger partial charge is 0.463 e. The lowest BCUT2D eigenvalue weighted by Crippen LogP contribution is -2.38. The smallest absolute Gasteiger partial charge is 0.309 e. The van der Waals surface area contributed by atoms with Crippen LogP contribution in [0.3, 0.4) is 0 Å². The van der Waals surface area contributed by atoms with E-state index in [0.29, 0.717) is 17.8 Å². The molecule has 2 rings (SSSR count). The fraction of sp³-hybridized carbons (Fsp3) is 0.619. The van der Waals surface area contributed by atoms with Gasteiger partial charge in [0.1, 0.15) is 6.61 Å². The third-order valence-electron chi connectivity index (χ3n) is 5.44. The van der Waals surface area contributed by atoms with Crippen molar-refractivity contribution in [3.05, 3.63) is 35.9 Å². The van der Waals surface area contributed by atoms with E-state index in [9.17, 15) is 9.59 Å². The van der Waals surface area contributed by atoms with Gasteiger partial charge in [-0.25, -0.2) is 0 Å². The molecule has 4 atom stereocenters. The maximum atomic E-state index is 12.8. The van der Waals surface area contributed by atoms with Crippen molar-refractivity contribution in [2.75, 3.05) is 13.2 Å². The Labute approximate surface area is 156 Å². The van der Waals surface area contributed by atoms with Crippen molar-refractivity contribution >= 4 is 11.9 Å². The van der Waals surface area contributed by atoms with Gasteiger partial charge in [-0.2, -0.15) is 0 Å². The van der Waals surface area contributed by atoms with Crippen molar-refractivity contribution in [1.82, 2.24) is 5.32 Å². The van der Waals surface area contributed by atoms with Gasteiger partial charge in [-0.3, -0.25) is 9.59 Å². The van der Waals surface area contributed by atoms with Crippen LogP contribution in [0.4, 0.5) is 0 Å². The van der Waals surface area contributed by atoms with Crippen LogP contribution in [0.15, 0.2) is 30.3 Å². The molecule has 5 nitrogen and oxygen atoms in total. The Morgan fingerprint density at radius 3 is 2.54 bits per heavy atom. The van der Waals surface area contributed by atoms with Crippen molar-refractivity contribution in [1.29, 1.82) is 0 Å². The van der Waals surface area contributed by atoms with Crippen molar-refractivity contribution in [3.63, 3.8) is 0 Å². The third kappa shape index (κ3) is 5.56. The lowest BCUT2D eigenvalue weighted by Gasteiger charge is -2.36. The number of carbonyl (C=O) groups excluding carboxylic acids is 2. The number of rotatable bonds is 7. The van der Waals surface area contributed by atoms with Crippen LogP contribution in [-0.4, -0.2) is 25.0 Å². The first kappa shape index (κ1) is 20.4. The minimum Gasteiger partial charge on any atom is -0.463 e. The standard InChI is InChI=1S/C21H32N2O3/c1-14(2)17-10-9-15(3)11-18(17)21(25)26-13-19(23-20(24)12-22)16-7-5-4-6-8-16/h4-8,14-15,17-19H,9-13,22H2,1-3H3,(H,23,24)/t15-,17+,18-,19+/m1/s1. The molecule has 1 aliphatic rings. The number of amides is 1. The quantitative estimate of drug-likeness (QED) is 0.732. The average Bonchev–Trinajstić information content (AvgIpc) is 2.64. The van der Waals surface area contributed by atoms with Crippen molar-refractivity contribution in [2.45, 2.75) is 46.1 Å². The summed E-state index contributed by atoms with van der Waals surface area (Å²) in [6.45, 7) is 6.59. The normalized spacial score (nSPS) is 24.1. The van der Waals surface area contributed by atoms with Gasteiger partial charge in [-0.05, 0) is 36.2 Å². The molecule has 0 unspecified atom stereocenters. The highest BCUT2D eigenvalue weighted by atomic mass is 16.5. The molecule has 1 aliphatic carbocycles. The number of benzene rings is 1. The van der Waals surface area contributed by atoms with Crippen molar-refractivity contribution in [3.8, 4) is 0 Å². The van der Waals surface area contributed by atoms with Crippen LogP contribution in [0.1, 0.15) is 51.6 Å². The lowest BCUT2D eigenvalue weighted by molar-refractivity contribution is -0.154. The lowest BCUT2D eigenvalue weighted by atomic mass is 9.70. The number of nitrogens with two attached hydrogens (primary N) is 1. The molecular weight excluding hydrogens is 328 g/mol. The molecule has 0 aromatic heterocycles. The number of nitrogens with one attached hydrogen (secondary N) is 1. The van der Waals surface area contributed by atoms with E-state index in [1.54, 1.807) is 0 Å². The molecule has 26 heavy (non-hydrogen) atoms. The van der Waals surface area contributed by atoms with Gasteiger partial charge in [0.25, 0.3) is 0 Å². The second kappa shape index (κ2) is 9.72. The summed E-state index contributed by atoms with van der Waals surface area (Å²) in [5, 5.41) is 2.84. The van der Waals surface area contributed by atoms with E-state index in [1.165, 1.54) is 6.42 Å². The van der Waals surface area contributed by atoms with E-state index in [0.717, 1.165) is 18.4 Å². The zero-order chi connectivity index (χ0) is 19.1. The number of esters is 1. The molecule has 0 radical (unpaired) electrons. The van der Waals surface area contributed by atoms with Crippen LogP contribution < -0.4 is 11.1 Å². The Kier molecular flexibility index (Phi) is 7.64. The highest BCUT2D eigenvalue weighted by Crippen LogP contribution is 2.38. The van der Waals surface area contributed by atoms with Gasteiger partial charge in [-0.15, -0.1) is 0 Å². The molecule has 0 saturated heterocycles. The summed E-state index contributed by atoms with van der Waals surface area (Å²) in [5.41, 5.74) is 6.32. The zero-order valence-corrected chi connectivity index (χ0v) is 16.1. The van der Waals surface area contributed by atoms with Gasteiger partial charge in [-0.1, -0.05) is 57.5 Å². The van der Waals surface area contributed by atoms with E-state index < -0.39 is 0 Å². The summed E-state index contributed by atoms with van der Waals surface area (Å²) in [6, 6.07) is 9.15. The summed E-state index contributed by atoms with van der Waals surface area (Å²) in [7, 11) is 0. The maximum Gasteiger partial charge on any atom is 0.309 e. The maximum absolute atomic E-state index is 12.8. The summed E-state index contributed by atoms with van der Waals surface area (Å²) in [4.78, 5) is 24.5. The predicted octanol–water partition coefficient (Wildman–Crippen LogP) is 3.05. The fourth-order valence-electron chi connectivity index (χ4n) is 3.91. The molecule has 0 spiro atoms. The van der Waals surface area contributed by atoms with E-state index in [1.807, 2.05) is 30.3 Å². The van der Waals surface area contributed by atoms with Gasteiger partial charge in [0.15, 0.2) is 0 Å². The first-order chi connectivity index (χ1) is 12.4. The second-order valence-corrected chi connectivity index (χ2v) is 7.80. The van der Waals surface area contributed by atoms with E-state index in [-0.39, 0.29) is 37.0 Å². The molecule has 1 saturated carbocycles. The Balaban J connectivity index is 2.04. The Hall–Kier alpha value is -1.88. The Morgan fingerprint density at radius 2 is 1.92 bits per heavy atom. The minimum atomic E-state index is -0.380. The summed E-state index contributed by atoms with van der Waals surface area (Å²) in [5.74, 6) is 0.915. The molecule has 1 aromatic rings. The molecule has 0 heterocycles. The fourth-order valence-corrected chi connectivity index (χ4v) is 3.91. The van der Waals surface area contributed by atoms with Gasteiger partial charge in [0.2, 0.25) is 5.91 Å². The highest BCUT2D eigenvalue weighted by Gasteiger charge is 2.36. The number of ether oxygens (including phenoxy) is 1. The number of carbonyl (C=O) groups is 2. The SMILES string of the molecule is CC(C)[C@@H]1CC[C@@H](C)C[C@H]1C(=O)OC[C@H](NC(=O)CN)c1ccccc1. The van der Waals surface area contributed by atoms with Crippen LogP contribution in [0.25, 0.3) is 0 Å². The van der Waals surface area contributed by atoms with Gasteiger partial charge in [0, 0.05) is 0 Å². The number of hydrogen-bond acceptors (Lipinski definition) is 4. The molecule has 144 valence electrons. The van der Waals surface area contributed by atoms with Crippen molar-refractivity contribution < 1.29 is 14.3 Å². The first-order valence-electron chi connectivity index (χ1n) is 9.63. The number of hydrogen-bond donors (Lipinski definition) is 2. The molecule has 1 fully saturated rings. The second-order valence-electron chi connectivity index (χ2n) is 7.80. The predicted molar refractivity (Wildman–Crippen MR) is 102 cm³/mol. The van der Waals surface area contributed by atoms with E-state index >= 15 is 0 Å². The van der Waals surface area contributed by atoms with Gasteiger partial charge in [0.05, 0.1) is 18.5 Å². The van der Waals surface area contributed by atoms with E-state index in [4.69, 9.17) is 10.5 Å². The highest BCUT2D eigenvalue weighted by molar-refractivity contribution is 5.78. The third-order valence-corrected chi connectivity index (χ3v) is 5.44. The van der Waals surface area contributed by atoms with Crippen molar-refractivity contribution in [2.24, 2.45) is 29.4 Å². The first-order valence-corrected chi connectivity index (χ1v) is 9.63. The van der Waals surface area contributed by atoms with Gasteiger partial charge < -0.3 is 15.8 Å². The topological polar surface area (TPSA) is 81.4 Å². The molecule has 0 bridgehead atoms. The molecule has 5 heteroatoms. The summed E-state index contributed by atoms with van der Waals surface area (Å²) < 4.78 is 5.68. The van der Waals surface area contributed by atoms with Gasteiger partial charge >= 0.3 is 5.97 Å². The van der Waals surface area contributed by atoms with E-state index in [2.05, 4.69) is 26.1 Å². The molecular formula is C21H32N2O3. The average molecular weight is 360 g/mol. The zero-order valence-electron chi connectivity index (χ0n) is 16.1. The van der Waals surface area contributed by atoms with Crippen LogP contribution in [0.5, 0.6) is 0 Å². The molecule has 1 aromatic carbocycles. The monoisotopic (exact) mass is 360 g/mol. The Bertz CT molecular complexity index is 588. The van der Waals surface area contributed by atoms with Crippen LogP contribution in [0, 0.1) is 23.7 Å². The Morgan fingerprint density at radius 1 is 1.23 bits per heavy atom. The summed E-state index contributed by atoms with van der Waals surface area (Å²) >= 11 is 0. The summed E-state index contributed by atoms with van der Waals surface area (Å²) in [6.07, 6.45) is 3.13. The molecule has 0 aliphatic heterocycles. The van der Waals surface area contributed by atoms with Crippen LogP contribution in [0.2, 0.25) is 0 Å². The molecule has 3 N–H and O–H groups in total.